The smallest absolute Gasteiger partial charge is 0.165 e. The van der Waals surface area contributed by atoms with E-state index in [1.165, 1.54) is 59.6 Å². The Bertz CT molecular complexity index is 3800. The van der Waals surface area contributed by atoms with Crippen molar-refractivity contribution in [2.24, 2.45) is 0 Å². The number of fused-ring (bicyclic) bond motifs is 12. The molecule has 0 unspecified atom stereocenters. The van der Waals surface area contributed by atoms with Gasteiger partial charge >= 0.3 is 0 Å². The monoisotopic (exact) mass is 751 g/mol. The van der Waals surface area contributed by atoms with E-state index in [1.54, 1.807) is 0 Å². The van der Waals surface area contributed by atoms with Crippen LogP contribution in [0.1, 0.15) is 0 Å². The van der Waals surface area contributed by atoms with E-state index in [9.17, 15) is 0 Å². The van der Waals surface area contributed by atoms with Crippen LogP contribution in [0.5, 0.6) is 0 Å². The highest BCUT2D eigenvalue weighted by Gasteiger charge is 2.23. The van der Waals surface area contributed by atoms with Gasteiger partial charge in [0.05, 0.1) is 44.1 Å². The van der Waals surface area contributed by atoms with Gasteiger partial charge in [0.1, 0.15) is 5.69 Å². The molecule has 0 amide bonds. The van der Waals surface area contributed by atoms with Crippen LogP contribution >= 0.6 is 0 Å². The van der Waals surface area contributed by atoms with Crippen LogP contribution in [0.25, 0.3) is 116 Å². The number of hydrogen-bond donors (Lipinski definition) is 0. The maximum absolute atomic E-state index is 5.51. The molecule has 0 aliphatic carbocycles. The van der Waals surface area contributed by atoms with E-state index >= 15 is 0 Å². The van der Waals surface area contributed by atoms with Crippen molar-refractivity contribution >= 4 is 87.2 Å². The lowest BCUT2D eigenvalue weighted by molar-refractivity contribution is 1.08. The molecule has 13 aromatic rings. The predicted octanol–water partition coefficient (Wildman–Crippen LogP) is 13.7. The molecule has 0 saturated carbocycles. The zero-order chi connectivity index (χ0) is 38.6. The highest BCUT2D eigenvalue weighted by Crippen LogP contribution is 2.42. The molecule has 5 nitrogen and oxygen atoms in total. The lowest BCUT2D eigenvalue weighted by Crippen LogP contribution is -2.04. The molecular formula is C54H33N5. The van der Waals surface area contributed by atoms with Crippen LogP contribution in [0.4, 0.5) is 0 Å². The molecule has 9 aromatic carbocycles. The molecule has 0 fully saturated rings. The van der Waals surface area contributed by atoms with Crippen molar-refractivity contribution in [1.82, 2.24) is 23.7 Å². The van der Waals surface area contributed by atoms with Gasteiger partial charge in [-0.1, -0.05) is 121 Å². The van der Waals surface area contributed by atoms with E-state index in [-0.39, 0.29) is 0 Å². The molecular weight excluding hydrogens is 719 g/mol. The topological polar surface area (TPSA) is 40.6 Å². The minimum Gasteiger partial charge on any atom is -0.309 e. The Labute approximate surface area is 338 Å². The molecule has 0 N–H and O–H groups in total. The van der Waals surface area contributed by atoms with Crippen molar-refractivity contribution in [3.63, 3.8) is 0 Å². The standard InChI is InChI=1S/C54H33N5/c1-2-15-36(16-3-1)57-48-25-13-8-20-41(48)42-32-35(27-29-49(42)57)53-54(56-45-22-10-9-21-44(45)55-53)59-50-31-28-37(33-43(50)52-38-17-5-4-14-34(38)26-30-51(52)59)58-46-23-11-6-18-39(46)40-19-7-12-24-47(40)58/h1-33H. The average Bonchev–Trinajstić information content (AvgIpc) is 3.94. The maximum atomic E-state index is 5.51. The second-order valence-electron chi connectivity index (χ2n) is 15.4. The SMILES string of the molecule is c1ccc(-n2c3ccccc3c3cc(-c4nc5ccccc5nc4-n4c5ccc(-n6c7ccccc7c7ccccc76)cc5c5c6ccccc6ccc54)ccc32)cc1. The largest absolute Gasteiger partial charge is 0.309 e. The first-order chi connectivity index (χ1) is 29.3. The summed E-state index contributed by atoms with van der Waals surface area (Å²) in [6, 6.07) is 71.8. The van der Waals surface area contributed by atoms with E-state index in [0.29, 0.717) is 0 Å². The number of nitrogens with zero attached hydrogens (tertiary/aromatic N) is 5. The summed E-state index contributed by atoms with van der Waals surface area (Å²) in [6.07, 6.45) is 0. The molecule has 0 aliphatic rings. The van der Waals surface area contributed by atoms with Crippen molar-refractivity contribution in [3.05, 3.63) is 200 Å². The third-order valence-corrected chi connectivity index (χ3v) is 12.2. The molecule has 59 heavy (non-hydrogen) atoms. The molecule has 0 radical (unpaired) electrons. The Morgan fingerprint density at radius 2 is 0.831 bits per heavy atom. The van der Waals surface area contributed by atoms with Gasteiger partial charge < -0.3 is 9.13 Å². The molecule has 0 bridgehead atoms. The van der Waals surface area contributed by atoms with Crippen LogP contribution in [-0.2, 0) is 0 Å². The summed E-state index contributed by atoms with van der Waals surface area (Å²) in [6.45, 7) is 0. The van der Waals surface area contributed by atoms with Gasteiger partial charge in [-0.2, -0.15) is 0 Å². The molecule has 0 spiro atoms. The van der Waals surface area contributed by atoms with Gasteiger partial charge in [-0.15, -0.1) is 0 Å². The number of rotatable bonds is 4. The number of hydrogen-bond acceptors (Lipinski definition) is 2. The minimum atomic E-state index is 0.801. The fraction of sp³-hybridized carbons (Fsp3) is 0. The van der Waals surface area contributed by atoms with Gasteiger partial charge in [0.2, 0.25) is 0 Å². The summed E-state index contributed by atoms with van der Waals surface area (Å²) < 4.78 is 7.11. The molecule has 274 valence electrons. The molecule has 5 heteroatoms. The Kier molecular flexibility index (Phi) is 6.66. The van der Waals surface area contributed by atoms with Gasteiger partial charge in [0.15, 0.2) is 5.82 Å². The van der Waals surface area contributed by atoms with Crippen LogP contribution in [-0.4, -0.2) is 23.7 Å². The number of benzene rings is 9. The summed E-state index contributed by atoms with van der Waals surface area (Å²) >= 11 is 0. The lowest BCUT2D eigenvalue weighted by atomic mass is 10.0. The fourth-order valence-electron chi connectivity index (χ4n) is 9.66. The van der Waals surface area contributed by atoms with Gasteiger partial charge in [-0.25, -0.2) is 9.97 Å². The number of para-hydroxylation sites is 6. The van der Waals surface area contributed by atoms with Crippen LogP contribution in [0.15, 0.2) is 200 Å². The van der Waals surface area contributed by atoms with E-state index in [1.807, 2.05) is 12.1 Å². The van der Waals surface area contributed by atoms with Gasteiger partial charge in [0.25, 0.3) is 0 Å². The number of aromatic nitrogens is 5. The third kappa shape index (κ3) is 4.61. The van der Waals surface area contributed by atoms with Crippen LogP contribution in [0.3, 0.4) is 0 Å². The van der Waals surface area contributed by atoms with Gasteiger partial charge in [-0.3, -0.25) is 4.57 Å². The van der Waals surface area contributed by atoms with E-state index in [4.69, 9.17) is 9.97 Å². The van der Waals surface area contributed by atoms with Gasteiger partial charge in [0, 0.05) is 49.3 Å². The zero-order valence-corrected chi connectivity index (χ0v) is 31.8. The second-order valence-corrected chi connectivity index (χ2v) is 15.4. The van der Waals surface area contributed by atoms with Crippen LogP contribution in [0, 0.1) is 0 Å². The van der Waals surface area contributed by atoms with Crippen molar-refractivity contribution in [2.75, 3.05) is 0 Å². The Morgan fingerprint density at radius 1 is 0.305 bits per heavy atom. The highest BCUT2D eigenvalue weighted by molar-refractivity contribution is 6.22. The zero-order valence-electron chi connectivity index (χ0n) is 31.8. The summed E-state index contributed by atoms with van der Waals surface area (Å²) in [5.41, 5.74) is 12.7. The fourth-order valence-corrected chi connectivity index (χ4v) is 9.66. The predicted molar refractivity (Wildman–Crippen MR) is 245 cm³/mol. The van der Waals surface area contributed by atoms with E-state index < -0.39 is 0 Å². The Morgan fingerprint density at radius 3 is 1.56 bits per heavy atom. The maximum Gasteiger partial charge on any atom is 0.165 e. The third-order valence-electron chi connectivity index (χ3n) is 12.2. The summed E-state index contributed by atoms with van der Waals surface area (Å²) in [5.74, 6) is 0.801. The van der Waals surface area contributed by atoms with E-state index in [0.717, 1.165) is 56.0 Å². The quantitative estimate of drug-likeness (QED) is 0.180. The summed E-state index contributed by atoms with van der Waals surface area (Å²) in [4.78, 5) is 11.0. The Balaban J connectivity index is 1.12. The average molecular weight is 752 g/mol. The summed E-state index contributed by atoms with van der Waals surface area (Å²) in [7, 11) is 0. The van der Waals surface area contributed by atoms with E-state index in [2.05, 4.69) is 202 Å². The molecule has 4 heterocycles. The van der Waals surface area contributed by atoms with Crippen LogP contribution in [0.2, 0.25) is 0 Å². The molecule has 4 aromatic heterocycles. The lowest BCUT2D eigenvalue weighted by Gasteiger charge is -2.15. The van der Waals surface area contributed by atoms with Crippen molar-refractivity contribution in [2.45, 2.75) is 0 Å². The van der Waals surface area contributed by atoms with Gasteiger partial charge in [-0.05, 0) is 89.6 Å². The van der Waals surface area contributed by atoms with Crippen molar-refractivity contribution in [1.29, 1.82) is 0 Å². The minimum absolute atomic E-state index is 0.801. The highest BCUT2D eigenvalue weighted by atomic mass is 15.1. The first-order valence-electron chi connectivity index (χ1n) is 20.1. The molecule has 0 aliphatic heterocycles. The van der Waals surface area contributed by atoms with Crippen molar-refractivity contribution in [3.8, 4) is 28.5 Å². The molecule has 0 saturated heterocycles. The molecule has 0 atom stereocenters. The Hall–Kier alpha value is -8.02. The first kappa shape index (κ1) is 32.1. The molecule has 13 rings (SSSR count). The van der Waals surface area contributed by atoms with Crippen LogP contribution < -0.4 is 0 Å². The first-order valence-corrected chi connectivity index (χ1v) is 20.1. The normalized spacial score (nSPS) is 12.1. The second kappa shape index (κ2) is 12.2. The van der Waals surface area contributed by atoms with Crippen molar-refractivity contribution < 1.29 is 0 Å². The summed E-state index contributed by atoms with van der Waals surface area (Å²) in [5, 5.41) is 9.63.